The first-order valence-corrected chi connectivity index (χ1v) is 5.76. The molecule has 0 saturated heterocycles. The maximum Gasteiger partial charge on any atom is 0.0886 e. The molecule has 1 aromatic carbocycles. The van der Waals surface area contributed by atoms with E-state index in [1.165, 1.54) is 16.5 Å². The number of hydrogen-bond acceptors (Lipinski definition) is 0. The maximum atomic E-state index is 5.98. The summed E-state index contributed by atoms with van der Waals surface area (Å²) in [7, 11) is 0. The van der Waals surface area contributed by atoms with Gasteiger partial charge in [-0.05, 0) is 47.5 Å². The Hall–Kier alpha value is -0.470. The molecular weight excluding hydrogens is 261 g/mol. The van der Waals surface area contributed by atoms with E-state index in [4.69, 9.17) is 11.6 Å². The molecule has 0 aliphatic carbocycles. The minimum absolute atomic E-state index is 0.789. The smallest absolute Gasteiger partial charge is 0.0886 e. The van der Waals surface area contributed by atoms with Crippen LogP contribution >= 0.6 is 27.5 Å². The number of rotatable bonds is 1. The van der Waals surface area contributed by atoms with Crippen molar-refractivity contribution in [2.75, 3.05) is 0 Å². The summed E-state index contributed by atoms with van der Waals surface area (Å²) in [5, 5.41) is 2.06. The van der Waals surface area contributed by atoms with Gasteiger partial charge in [0, 0.05) is 17.0 Å². The second-order valence-electron chi connectivity index (χ2n) is 3.32. The molecule has 0 saturated carbocycles. The summed E-state index contributed by atoms with van der Waals surface area (Å²) in [4.78, 5) is 0. The highest BCUT2D eigenvalue weighted by Gasteiger charge is 2.10. The molecule has 0 aliphatic rings. The van der Waals surface area contributed by atoms with Crippen molar-refractivity contribution >= 4 is 38.4 Å². The number of fused-ring (bicyclic) bond motifs is 1. The molecule has 0 radical (unpaired) electrons. The average molecular weight is 273 g/mol. The van der Waals surface area contributed by atoms with Crippen molar-refractivity contribution in [3.63, 3.8) is 0 Å². The van der Waals surface area contributed by atoms with Crippen LogP contribution in [0.2, 0.25) is 5.02 Å². The van der Waals surface area contributed by atoms with Crippen LogP contribution in [0.1, 0.15) is 12.5 Å². The zero-order chi connectivity index (χ0) is 10.3. The quantitative estimate of drug-likeness (QED) is 0.726. The summed E-state index contributed by atoms with van der Waals surface area (Å²) < 4.78 is 3.37. The van der Waals surface area contributed by atoms with Gasteiger partial charge in [0.25, 0.3) is 0 Å². The molecule has 74 valence electrons. The highest BCUT2D eigenvalue weighted by atomic mass is 79.9. The number of nitrogens with zero attached hydrogens (tertiary/aromatic N) is 1. The molecule has 0 amide bonds. The van der Waals surface area contributed by atoms with E-state index in [-0.39, 0.29) is 0 Å². The van der Waals surface area contributed by atoms with Gasteiger partial charge in [0.1, 0.15) is 0 Å². The van der Waals surface area contributed by atoms with Gasteiger partial charge in [0.15, 0.2) is 0 Å². The molecule has 0 spiro atoms. The van der Waals surface area contributed by atoms with Crippen molar-refractivity contribution in [3.8, 4) is 0 Å². The molecule has 2 aromatic rings. The number of halogens is 2. The van der Waals surface area contributed by atoms with E-state index in [2.05, 4.69) is 40.4 Å². The molecule has 0 N–H and O–H groups in total. The Morgan fingerprint density at radius 2 is 2.14 bits per heavy atom. The van der Waals surface area contributed by atoms with Crippen LogP contribution in [0.5, 0.6) is 0 Å². The SMILES string of the molecule is CCn1c(Br)c(C)c2ccc(Cl)cc21. The summed E-state index contributed by atoms with van der Waals surface area (Å²) in [6.45, 7) is 5.20. The van der Waals surface area contributed by atoms with Gasteiger partial charge < -0.3 is 4.57 Å². The van der Waals surface area contributed by atoms with Gasteiger partial charge in [0.05, 0.1) is 10.1 Å². The van der Waals surface area contributed by atoms with Gasteiger partial charge in [0.2, 0.25) is 0 Å². The van der Waals surface area contributed by atoms with E-state index < -0.39 is 0 Å². The molecule has 3 heteroatoms. The van der Waals surface area contributed by atoms with Gasteiger partial charge in [-0.3, -0.25) is 0 Å². The topological polar surface area (TPSA) is 4.93 Å². The second-order valence-corrected chi connectivity index (χ2v) is 4.51. The first-order valence-electron chi connectivity index (χ1n) is 4.59. The lowest BCUT2D eigenvalue weighted by molar-refractivity contribution is 0.777. The van der Waals surface area contributed by atoms with Crippen molar-refractivity contribution in [1.29, 1.82) is 0 Å². The predicted molar refractivity (Wildman–Crippen MR) is 65.1 cm³/mol. The van der Waals surface area contributed by atoms with Crippen molar-refractivity contribution < 1.29 is 0 Å². The summed E-state index contributed by atoms with van der Waals surface area (Å²) in [6.07, 6.45) is 0. The minimum Gasteiger partial charge on any atom is -0.335 e. The van der Waals surface area contributed by atoms with Crippen molar-refractivity contribution in [1.82, 2.24) is 4.57 Å². The summed E-state index contributed by atoms with van der Waals surface area (Å²) in [6, 6.07) is 6.02. The van der Waals surface area contributed by atoms with Crippen molar-refractivity contribution in [3.05, 3.63) is 33.4 Å². The predicted octanol–water partition coefficient (Wildman–Crippen LogP) is 4.39. The number of aromatic nitrogens is 1. The van der Waals surface area contributed by atoms with Gasteiger partial charge in [-0.1, -0.05) is 17.7 Å². The van der Waals surface area contributed by atoms with Crippen LogP contribution in [0.3, 0.4) is 0 Å². The van der Waals surface area contributed by atoms with Gasteiger partial charge >= 0.3 is 0 Å². The van der Waals surface area contributed by atoms with Crippen LogP contribution in [0.4, 0.5) is 0 Å². The Kier molecular flexibility index (Phi) is 2.58. The summed E-state index contributed by atoms with van der Waals surface area (Å²) in [5.74, 6) is 0. The largest absolute Gasteiger partial charge is 0.335 e. The lowest BCUT2D eigenvalue weighted by atomic mass is 10.2. The van der Waals surface area contributed by atoms with E-state index in [0.717, 1.165) is 16.2 Å². The molecule has 2 rings (SSSR count). The zero-order valence-corrected chi connectivity index (χ0v) is 10.5. The van der Waals surface area contributed by atoms with Crippen molar-refractivity contribution in [2.24, 2.45) is 0 Å². The van der Waals surface area contributed by atoms with Crippen LogP contribution in [0, 0.1) is 6.92 Å². The van der Waals surface area contributed by atoms with Gasteiger partial charge in [-0.15, -0.1) is 0 Å². The lowest BCUT2D eigenvalue weighted by Crippen LogP contribution is -1.93. The number of benzene rings is 1. The van der Waals surface area contributed by atoms with Crippen molar-refractivity contribution in [2.45, 2.75) is 20.4 Å². The summed E-state index contributed by atoms with van der Waals surface area (Å²) >= 11 is 9.58. The minimum atomic E-state index is 0.789. The van der Waals surface area contributed by atoms with Crippen LogP contribution in [-0.2, 0) is 6.54 Å². The fourth-order valence-corrected chi connectivity index (χ4v) is 2.60. The maximum absolute atomic E-state index is 5.98. The molecular formula is C11H11BrClN. The normalized spacial score (nSPS) is 11.1. The molecule has 0 bridgehead atoms. The van der Waals surface area contributed by atoms with E-state index in [9.17, 15) is 0 Å². The standard InChI is InChI=1S/C11H11BrClN/c1-3-14-10-6-8(13)4-5-9(10)7(2)11(14)12/h4-6H,3H2,1-2H3. The molecule has 1 nitrogen and oxygen atoms in total. The molecule has 14 heavy (non-hydrogen) atoms. The Labute approximate surface area is 96.8 Å². The Balaban J connectivity index is 2.89. The van der Waals surface area contributed by atoms with Gasteiger partial charge in [-0.2, -0.15) is 0 Å². The van der Waals surface area contributed by atoms with Gasteiger partial charge in [-0.25, -0.2) is 0 Å². The molecule has 0 fully saturated rings. The number of hydrogen-bond donors (Lipinski definition) is 0. The highest BCUT2D eigenvalue weighted by Crippen LogP contribution is 2.31. The Bertz CT molecular complexity index is 487. The first kappa shape index (κ1) is 10.1. The van der Waals surface area contributed by atoms with E-state index in [1.54, 1.807) is 0 Å². The third-order valence-corrected chi connectivity index (χ3v) is 3.78. The fourth-order valence-electron chi connectivity index (χ4n) is 1.77. The second kappa shape index (κ2) is 3.59. The van der Waals surface area contributed by atoms with Crippen LogP contribution < -0.4 is 0 Å². The zero-order valence-electron chi connectivity index (χ0n) is 8.14. The lowest BCUT2D eigenvalue weighted by Gasteiger charge is -2.02. The Morgan fingerprint density at radius 1 is 1.43 bits per heavy atom. The number of aryl methyl sites for hydroxylation is 2. The molecule has 1 heterocycles. The monoisotopic (exact) mass is 271 g/mol. The molecule has 1 aromatic heterocycles. The van der Waals surface area contributed by atoms with E-state index in [1.807, 2.05) is 12.1 Å². The Morgan fingerprint density at radius 3 is 2.79 bits per heavy atom. The third kappa shape index (κ3) is 1.37. The third-order valence-electron chi connectivity index (χ3n) is 2.52. The summed E-state index contributed by atoms with van der Waals surface area (Å²) in [5.41, 5.74) is 2.47. The fraction of sp³-hybridized carbons (Fsp3) is 0.273. The van der Waals surface area contributed by atoms with E-state index >= 15 is 0 Å². The van der Waals surface area contributed by atoms with E-state index in [0.29, 0.717) is 0 Å². The van der Waals surface area contributed by atoms with Crippen LogP contribution in [0.15, 0.2) is 22.8 Å². The molecule has 0 unspecified atom stereocenters. The van der Waals surface area contributed by atoms with Crippen LogP contribution in [-0.4, -0.2) is 4.57 Å². The molecule has 0 aliphatic heterocycles. The first-order chi connectivity index (χ1) is 6.65. The molecule has 0 atom stereocenters. The van der Waals surface area contributed by atoms with Crippen LogP contribution in [0.25, 0.3) is 10.9 Å². The highest BCUT2D eigenvalue weighted by molar-refractivity contribution is 9.10. The average Bonchev–Trinajstić information content (AvgIpc) is 2.39.